The van der Waals surface area contributed by atoms with E-state index in [1.54, 1.807) is 6.07 Å². The van der Waals surface area contributed by atoms with E-state index in [9.17, 15) is 0 Å². The Kier molecular flexibility index (Phi) is 5.82. The van der Waals surface area contributed by atoms with Crippen molar-refractivity contribution in [3.63, 3.8) is 0 Å². The molecule has 4 nitrogen and oxygen atoms in total. The summed E-state index contributed by atoms with van der Waals surface area (Å²) in [6.07, 6.45) is 0. The molecule has 0 unspecified atom stereocenters. The number of hydrogen-bond acceptors (Lipinski definition) is 4. The summed E-state index contributed by atoms with van der Waals surface area (Å²) >= 11 is 12.0. The summed E-state index contributed by atoms with van der Waals surface area (Å²) in [5.74, 6) is 1.01. The van der Waals surface area contributed by atoms with Crippen molar-refractivity contribution in [1.29, 1.82) is 0 Å². The van der Waals surface area contributed by atoms with Crippen LogP contribution in [0.2, 0.25) is 10.0 Å². The lowest BCUT2D eigenvalue weighted by atomic mass is 10.4. The lowest BCUT2D eigenvalue weighted by molar-refractivity contribution is 0.254. The van der Waals surface area contributed by atoms with Crippen LogP contribution >= 0.6 is 23.2 Å². The molecule has 0 radical (unpaired) electrons. The molecule has 6 heteroatoms. The molecule has 0 saturated carbocycles. The van der Waals surface area contributed by atoms with E-state index in [1.165, 1.54) is 0 Å². The van der Waals surface area contributed by atoms with Crippen LogP contribution in [0.1, 0.15) is 6.92 Å². The van der Waals surface area contributed by atoms with Gasteiger partial charge in [0.25, 0.3) is 0 Å². The van der Waals surface area contributed by atoms with Crippen LogP contribution in [0.5, 0.6) is 5.88 Å². The third-order valence-electron chi connectivity index (χ3n) is 2.02. The van der Waals surface area contributed by atoms with Crippen molar-refractivity contribution in [1.82, 2.24) is 9.88 Å². The van der Waals surface area contributed by atoms with Crippen molar-refractivity contribution in [3.05, 3.63) is 16.1 Å². The van der Waals surface area contributed by atoms with Gasteiger partial charge in [-0.15, -0.1) is 0 Å². The van der Waals surface area contributed by atoms with E-state index >= 15 is 0 Å². The first kappa shape index (κ1) is 14.4. The Hall–Kier alpha value is -0.710. The minimum atomic E-state index is 0.411. The predicted molar refractivity (Wildman–Crippen MR) is 72.5 cm³/mol. The number of pyridine rings is 1. The van der Waals surface area contributed by atoms with Crippen LogP contribution in [0.15, 0.2) is 6.07 Å². The first-order chi connectivity index (χ1) is 8.04. The van der Waals surface area contributed by atoms with Gasteiger partial charge in [-0.1, -0.05) is 23.2 Å². The zero-order valence-corrected chi connectivity index (χ0v) is 11.8. The standard InChI is InChI=1S/C11H17Cl2N3O/c1-4-14-10-8(12)7-9(13)11(15-10)17-6-5-16(2)3/h7H,4-6H2,1-3H3,(H,14,15). The molecule has 0 aliphatic carbocycles. The van der Waals surface area contributed by atoms with Crippen LogP contribution in [0.25, 0.3) is 0 Å². The number of likely N-dealkylation sites (N-methyl/N-ethyl adjacent to an activating group) is 1. The summed E-state index contributed by atoms with van der Waals surface area (Å²) in [5, 5.41) is 3.97. The van der Waals surface area contributed by atoms with Gasteiger partial charge in [-0.3, -0.25) is 0 Å². The fourth-order valence-electron chi connectivity index (χ4n) is 1.17. The van der Waals surface area contributed by atoms with E-state index < -0.39 is 0 Å². The topological polar surface area (TPSA) is 37.4 Å². The van der Waals surface area contributed by atoms with E-state index in [0.29, 0.717) is 28.3 Å². The zero-order chi connectivity index (χ0) is 12.8. The number of rotatable bonds is 6. The number of anilines is 1. The summed E-state index contributed by atoms with van der Waals surface area (Å²) in [5.41, 5.74) is 0. The highest BCUT2D eigenvalue weighted by molar-refractivity contribution is 6.36. The fraction of sp³-hybridized carbons (Fsp3) is 0.545. The van der Waals surface area contributed by atoms with Gasteiger partial charge >= 0.3 is 0 Å². The third-order valence-corrected chi connectivity index (χ3v) is 2.58. The minimum absolute atomic E-state index is 0.411. The number of nitrogens with one attached hydrogen (secondary N) is 1. The molecule has 0 spiro atoms. The summed E-state index contributed by atoms with van der Waals surface area (Å²) in [7, 11) is 3.95. The largest absolute Gasteiger partial charge is 0.475 e. The molecule has 96 valence electrons. The maximum absolute atomic E-state index is 6.00. The molecular weight excluding hydrogens is 261 g/mol. The molecule has 17 heavy (non-hydrogen) atoms. The van der Waals surface area contributed by atoms with Crippen molar-refractivity contribution in [2.75, 3.05) is 39.1 Å². The summed E-state index contributed by atoms with van der Waals surface area (Å²) in [6.45, 7) is 4.05. The number of aromatic nitrogens is 1. The average Bonchev–Trinajstić information content (AvgIpc) is 2.24. The maximum atomic E-state index is 6.00. The Morgan fingerprint density at radius 2 is 2.06 bits per heavy atom. The van der Waals surface area contributed by atoms with Crippen LogP contribution in [0.3, 0.4) is 0 Å². The molecule has 1 N–H and O–H groups in total. The molecule has 1 rings (SSSR count). The van der Waals surface area contributed by atoms with Crippen LogP contribution < -0.4 is 10.1 Å². The van der Waals surface area contributed by atoms with Gasteiger partial charge < -0.3 is 15.0 Å². The predicted octanol–water partition coefficient (Wildman–Crippen LogP) is 2.76. The van der Waals surface area contributed by atoms with Gasteiger partial charge in [-0.05, 0) is 27.1 Å². The Balaban J connectivity index is 2.73. The molecule has 0 aliphatic heterocycles. The second-order valence-electron chi connectivity index (χ2n) is 3.79. The molecule has 0 aromatic carbocycles. The quantitative estimate of drug-likeness (QED) is 0.868. The molecule has 1 aromatic rings. The average molecular weight is 278 g/mol. The highest BCUT2D eigenvalue weighted by Crippen LogP contribution is 2.30. The Morgan fingerprint density at radius 1 is 1.35 bits per heavy atom. The van der Waals surface area contributed by atoms with Gasteiger partial charge in [-0.2, -0.15) is 4.98 Å². The van der Waals surface area contributed by atoms with E-state index in [-0.39, 0.29) is 0 Å². The van der Waals surface area contributed by atoms with Gasteiger partial charge in [0, 0.05) is 13.1 Å². The summed E-state index contributed by atoms with van der Waals surface area (Å²) < 4.78 is 5.51. The van der Waals surface area contributed by atoms with E-state index in [1.807, 2.05) is 25.9 Å². The molecule has 0 saturated heterocycles. The van der Waals surface area contributed by atoms with Crippen LogP contribution in [-0.4, -0.2) is 43.7 Å². The van der Waals surface area contributed by atoms with Crippen molar-refractivity contribution in [2.24, 2.45) is 0 Å². The van der Waals surface area contributed by atoms with Gasteiger partial charge in [0.15, 0.2) is 0 Å². The van der Waals surface area contributed by atoms with Crippen molar-refractivity contribution in [3.8, 4) is 5.88 Å². The van der Waals surface area contributed by atoms with Gasteiger partial charge in [-0.25, -0.2) is 0 Å². The Morgan fingerprint density at radius 3 is 2.65 bits per heavy atom. The van der Waals surface area contributed by atoms with Crippen LogP contribution in [0.4, 0.5) is 5.82 Å². The van der Waals surface area contributed by atoms with E-state index in [4.69, 9.17) is 27.9 Å². The first-order valence-corrected chi connectivity index (χ1v) is 6.17. The second kappa shape index (κ2) is 6.89. The molecule has 0 aliphatic rings. The van der Waals surface area contributed by atoms with Crippen LogP contribution in [0, 0.1) is 0 Å². The molecule has 0 atom stereocenters. The molecular formula is C11H17Cl2N3O. The molecule has 0 bridgehead atoms. The summed E-state index contributed by atoms with van der Waals surface area (Å²) in [6, 6.07) is 1.64. The second-order valence-corrected chi connectivity index (χ2v) is 4.60. The maximum Gasteiger partial charge on any atom is 0.234 e. The highest BCUT2D eigenvalue weighted by Gasteiger charge is 2.09. The smallest absolute Gasteiger partial charge is 0.234 e. The van der Waals surface area contributed by atoms with Crippen molar-refractivity contribution in [2.45, 2.75) is 6.92 Å². The Bertz CT molecular complexity index is 372. The molecule has 1 aromatic heterocycles. The minimum Gasteiger partial charge on any atom is -0.475 e. The number of ether oxygens (including phenoxy) is 1. The normalized spacial score (nSPS) is 10.7. The van der Waals surface area contributed by atoms with Gasteiger partial charge in [0.05, 0.1) is 5.02 Å². The van der Waals surface area contributed by atoms with Crippen molar-refractivity contribution < 1.29 is 4.74 Å². The van der Waals surface area contributed by atoms with Gasteiger partial charge in [0.2, 0.25) is 5.88 Å². The molecule has 0 amide bonds. The number of halogens is 2. The summed E-state index contributed by atoms with van der Waals surface area (Å²) in [4.78, 5) is 6.27. The lowest BCUT2D eigenvalue weighted by Crippen LogP contribution is -2.20. The third kappa shape index (κ3) is 4.58. The highest BCUT2D eigenvalue weighted by atomic mass is 35.5. The van der Waals surface area contributed by atoms with E-state index in [0.717, 1.165) is 13.1 Å². The number of nitrogens with zero attached hydrogens (tertiary/aromatic N) is 2. The van der Waals surface area contributed by atoms with Gasteiger partial charge in [0.1, 0.15) is 17.4 Å². The zero-order valence-electron chi connectivity index (χ0n) is 10.3. The Labute approximate surface area is 112 Å². The van der Waals surface area contributed by atoms with E-state index in [2.05, 4.69) is 10.3 Å². The SMILES string of the molecule is CCNc1nc(OCCN(C)C)c(Cl)cc1Cl. The monoisotopic (exact) mass is 277 g/mol. The number of hydrogen-bond donors (Lipinski definition) is 1. The molecule has 0 fully saturated rings. The first-order valence-electron chi connectivity index (χ1n) is 5.42. The lowest BCUT2D eigenvalue weighted by Gasteiger charge is -2.13. The molecule has 1 heterocycles. The van der Waals surface area contributed by atoms with Crippen molar-refractivity contribution >= 4 is 29.0 Å². The fourth-order valence-corrected chi connectivity index (χ4v) is 1.65. The van der Waals surface area contributed by atoms with Crippen LogP contribution in [-0.2, 0) is 0 Å².